The van der Waals surface area contributed by atoms with Crippen LogP contribution in [0.15, 0.2) is 65.8 Å². The van der Waals surface area contributed by atoms with Crippen LogP contribution >= 0.6 is 23.2 Å². The second-order valence-corrected chi connectivity index (χ2v) is 8.02. The van der Waals surface area contributed by atoms with Crippen molar-refractivity contribution in [3.63, 3.8) is 0 Å². The topological polar surface area (TPSA) is 89.0 Å². The Hall–Kier alpha value is -3.55. The van der Waals surface area contributed by atoms with Crippen molar-refractivity contribution in [1.82, 2.24) is 5.43 Å². The van der Waals surface area contributed by atoms with Crippen LogP contribution in [0.2, 0.25) is 10.0 Å². The standard InChI is InChI=1S/C25H23Cl2N3O4/c1-3-33-23-12-18(7-11-22(23)34-15-17-5-8-19(26)9-6-17)14-28-30-25(32)24(31)29-20-10-4-16(2)21(27)13-20/h4-14H,3,15H2,1-2H3,(H,29,31)(H,30,32)/b28-14-. The fraction of sp³-hybridized carbons (Fsp3) is 0.160. The molecule has 9 heteroatoms. The average Bonchev–Trinajstić information content (AvgIpc) is 2.82. The van der Waals surface area contributed by atoms with Crippen molar-refractivity contribution in [2.24, 2.45) is 5.10 Å². The molecule has 0 unspecified atom stereocenters. The molecule has 0 spiro atoms. The molecule has 2 N–H and O–H groups in total. The van der Waals surface area contributed by atoms with Gasteiger partial charge in [-0.15, -0.1) is 0 Å². The molecule has 0 heterocycles. The van der Waals surface area contributed by atoms with Gasteiger partial charge in [0.25, 0.3) is 0 Å². The van der Waals surface area contributed by atoms with Crippen molar-refractivity contribution in [2.75, 3.05) is 11.9 Å². The van der Waals surface area contributed by atoms with Crippen molar-refractivity contribution < 1.29 is 19.1 Å². The predicted octanol–water partition coefficient (Wildman–Crippen LogP) is 5.37. The minimum Gasteiger partial charge on any atom is -0.490 e. The Bertz CT molecular complexity index is 1200. The molecule has 0 radical (unpaired) electrons. The number of halogens is 2. The second-order valence-electron chi connectivity index (χ2n) is 7.17. The van der Waals surface area contributed by atoms with E-state index >= 15 is 0 Å². The highest BCUT2D eigenvalue weighted by Gasteiger charge is 2.13. The van der Waals surface area contributed by atoms with Gasteiger partial charge in [-0.3, -0.25) is 9.59 Å². The van der Waals surface area contributed by atoms with Gasteiger partial charge < -0.3 is 14.8 Å². The number of amides is 2. The Kier molecular flexibility index (Phi) is 8.90. The first kappa shape index (κ1) is 25.1. The molecular formula is C25H23Cl2N3O4. The van der Waals surface area contributed by atoms with Gasteiger partial charge in [0, 0.05) is 15.7 Å². The molecule has 0 bridgehead atoms. The number of anilines is 1. The summed E-state index contributed by atoms with van der Waals surface area (Å²) in [6.45, 7) is 4.49. The zero-order chi connectivity index (χ0) is 24.5. The normalized spacial score (nSPS) is 10.7. The highest BCUT2D eigenvalue weighted by molar-refractivity contribution is 6.39. The molecule has 2 amide bonds. The van der Waals surface area contributed by atoms with Crippen molar-refractivity contribution in [3.05, 3.63) is 87.4 Å². The number of carbonyl (C=O) groups is 2. The maximum absolute atomic E-state index is 12.1. The van der Waals surface area contributed by atoms with E-state index in [4.69, 9.17) is 32.7 Å². The lowest BCUT2D eigenvalue weighted by molar-refractivity contribution is -0.136. The van der Waals surface area contributed by atoms with Gasteiger partial charge in [0.1, 0.15) is 6.61 Å². The quantitative estimate of drug-likeness (QED) is 0.247. The molecule has 3 rings (SSSR count). The Balaban J connectivity index is 1.59. The summed E-state index contributed by atoms with van der Waals surface area (Å²) in [5.74, 6) is -0.686. The minimum absolute atomic E-state index is 0.349. The molecule has 3 aromatic carbocycles. The van der Waals surface area contributed by atoms with Crippen LogP contribution in [0.3, 0.4) is 0 Å². The van der Waals surface area contributed by atoms with Crippen LogP contribution in [0.25, 0.3) is 0 Å². The molecule has 0 atom stereocenters. The van der Waals surface area contributed by atoms with Crippen LogP contribution in [0.4, 0.5) is 5.69 Å². The Morgan fingerprint density at radius 3 is 2.41 bits per heavy atom. The SMILES string of the molecule is CCOc1cc(/C=N\NC(=O)C(=O)Nc2ccc(C)c(Cl)c2)ccc1OCc1ccc(Cl)cc1. The molecule has 0 aliphatic heterocycles. The highest BCUT2D eigenvalue weighted by Crippen LogP contribution is 2.29. The van der Waals surface area contributed by atoms with Crippen LogP contribution in [0, 0.1) is 6.92 Å². The van der Waals surface area contributed by atoms with E-state index in [2.05, 4.69) is 15.8 Å². The lowest BCUT2D eigenvalue weighted by Crippen LogP contribution is -2.32. The smallest absolute Gasteiger partial charge is 0.329 e. The first-order chi connectivity index (χ1) is 16.4. The van der Waals surface area contributed by atoms with E-state index in [1.807, 2.05) is 26.0 Å². The number of aryl methyl sites for hydroxylation is 1. The third-order valence-corrected chi connectivity index (χ3v) is 5.25. The van der Waals surface area contributed by atoms with Crippen molar-refractivity contribution >= 4 is 46.9 Å². The minimum atomic E-state index is -0.916. The molecule has 0 fully saturated rings. The van der Waals surface area contributed by atoms with Gasteiger partial charge in [-0.05, 0) is 73.0 Å². The van der Waals surface area contributed by atoms with Gasteiger partial charge in [0.2, 0.25) is 0 Å². The van der Waals surface area contributed by atoms with E-state index in [0.29, 0.717) is 46.0 Å². The molecule has 0 aromatic heterocycles. The summed E-state index contributed by atoms with van der Waals surface area (Å²) in [6.07, 6.45) is 1.40. The molecule has 0 saturated carbocycles. The fourth-order valence-electron chi connectivity index (χ4n) is 2.81. The Morgan fingerprint density at radius 1 is 0.941 bits per heavy atom. The number of carbonyl (C=O) groups excluding carboxylic acids is 2. The van der Waals surface area contributed by atoms with Crippen LogP contribution in [-0.4, -0.2) is 24.6 Å². The third-order valence-electron chi connectivity index (χ3n) is 4.59. The highest BCUT2D eigenvalue weighted by atomic mass is 35.5. The molecule has 0 aliphatic rings. The second kappa shape index (κ2) is 12.1. The predicted molar refractivity (Wildman–Crippen MR) is 134 cm³/mol. The van der Waals surface area contributed by atoms with Crippen LogP contribution < -0.4 is 20.2 Å². The van der Waals surface area contributed by atoms with Crippen molar-refractivity contribution in [2.45, 2.75) is 20.5 Å². The number of hydrogen-bond donors (Lipinski definition) is 2. The summed E-state index contributed by atoms with van der Waals surface area (Å²) in [5.41, 5.74) is 5.08. The number of ether oxygens (including phenoxy) is 2. The van der Waals surface area contributed by atoms with E-state index in [-0.39, 0.29) is 0 Å². The van der Waals surface area contributed by atoms with Gasteiger partial charge >= 0.3 is 11.8 Å². The summed E-state index contributed by atoms with van der Waals surface area (Å²) in [6, 6.07) is 17.6. The van der Waals surface area contributed by atoms with Crippen molar-refractivity contribution in [1.29, 1.82) is 0 Å². The maximum Gasteiger partial charge on any atom is 0.329 e. The zero-order valence-electron chi connectivity index (χ0n) is 18.6. The first-order valence-electron chi connectivity index (χ1n) is 10.4. The molecule has 0 aliphatic carbocycles. The van der Waals surface area contributed by atoms with Gasteiger partial charge in [0.05, 0.1) is 12.8 Å². The van der Waals surface area contributed by atoms with Crippen LogP contribution in [0.5, 0.6) is 11.5 Å². The third kappa shape index (κ3) is 7.23. The van der Waals surface area contributed by atoms with Crippen LogP contribution in [0.1, 0.15) is 23.6 Å². The number of hydrogen-bond acceptors (Lipinski definition) is 5. The summed E-state index contributed by atoms with van der Waals surface area (Å²) in [5, 5.41) is 7.46. The van der Waals surface area contributed by atoms with E-state index in [0.717, 1.165) is 11.1 Å². The van der Waals surface area contributed by atoms with Crippen molar-refractivity contribution in [3.8, 4) is 11.5 Å². The molecular weight excluding hydrogens is 477 g/mol. The molecule has 34 heavy (non-hydrogen) atoms. The lowest BCUT2D eigenvalue weighted by Gasteiger charge is -2.12. The largest absolute Gasteiger partial charge is 0.490 e. The molecule has 3 aromatic rings. The summed E-state index contributed by atoms with van der Waals surface area (Å²) < 4.78 is 11.5. The summed E-state index contributed by atoms with van der Waals surface area (Å²) in [7, 11) is 0. The van der Waals surface area contributed by atoms with Crippen LogP contribution in [-0.2, 0) is 16.2 Å². The zero-order valence-corrected chi connectivity index (χ0v) is 20.1. The Labute approximate surface area is 207 Å². The van der Waals surface area contributed by atoms with Gasteiger partial charge in [-0.25, -0.2) is 5.43 Å². The number of nitrogens with one attached hydrogen (secondary N) is 2. The lowest BCUT2D eigenvalue weighted by atomic mass is 10.2. The number of nitrogens with zero attached hydrogens (tertiary/aromatic N) is 1. The molecule has 0 saturated heterocycles. The molecule has 7 nitrogen and oxygen atoms in total. The van der Waals surface area contributed by atoms with Gasteiger partial charge in [-0.1, -0.05) is 41.4 Å². The monoisotopic (exact) mass is 499 g/mol. The number of rotatable bonds is 8. The van der Waals surface area contributed by atoms with E-state index in [1.165, 1.54) is 6.21 Å². The molecule has 176 valence electrons. The van der Waals surface area contributed by atoms with Gasteiger partial charge in [-0.2, -0.15) is 5.10 Å². The van der Waals surface area contributed by atoms with E-state index in [1.54, 1.807) is 48.5 Å². The summed E-state index contributed by atoms with van der Waals surface area (Å²) in [4.78, 5) is 24.1. The fourth-order valence-corrected chi connectivity index (χ4v) is 3.12. The van der Waals surface area contributed by atoms with E-state index < -0.39 is 11.8 Å². The Morgan fingerprint density at radius 2 is 1.71 bits per heavy atom. The maximum atomic E-state index is 12.1. The number of hydrazone groups is 1. The van der Waals surface area contributed by atoms with Gasteiger partial charge in [0.15, 0.2) is 11.5 Å². The average molecular weight is 500 g/mol. The summed E-state index contributed by atoms with van der Waals surface area (Å²) >= 11 is 11.9. The first-order valence-corrected chi connectivity index (χ1v) is 11.2. The number of benzene rings is 3. The van der Waals surface area contributed by atoms with E-state index in [9.17, 15) is 9.59 Å².